The molecule has 15 heavy (non-hydrogen) atoms. The van der Waals surface area contributed by atoms with E-state index in [9.17, 15) is 4.79 Å². The molecule has 0 saturated carbocycles. The molecule has 1 fully saturated rings. The van der Waals surface area contributed by atoms with Gasteiger partial charge in [-0.25, -0.2) is 0 Å². The highest BCUT2D eigenvalue weighted by atomic mass is 35.5. The summed E-state index contributed by atoms with van der Waals surface area (Å²) in [6, 6.07) is 3.51. The summed E-state index contributed by atoms with van der Waals surface area (Å²) in [6.07, 6.45) is 1.14. The molecule has 0 aliphatic carbocycles. The van der Waals surface area contributed by atoms with Crippen LogP contribution in [0.25, 0.3) is 0 Å². The van der Waals surface area contributed by atoms with E-state index in [4.69, 9.17) is 11.6 Å². The van der Waals surface area contributed by atoms with Gasteiger partial charge in [-0.1, -0.05) is 11.6 Å². The van der Waals surface area contributed by atoms with Crippen LogP contribution in [0.1, 0.15) is 16.1 Å². The first-order valence-electron chi connectivity index (χ1n) is 5.00. The number of hydrogen-bond donors (Lipinski definition) is 2. The summed E-state index contributed by atoms with van der Waals surface area (Å²) in [5.41, 5.74) is 0. The molecule has 3 nitrogen and oxygen atoms in total. The molecule has 2 heterocycles. The zero-order valence-corrected chi connectivity index (χ0v) is 9.83. The number of carbonyl (C=O) groups excluding carboxylic acids is 1. The summed E-state index contributed by atoms with van der Waals surface area (Å²) >= 11 is 7.08. The van der Waals surface area contributed by atoms with Gasteiger partial charge in [0.05, 0.1) is 9.21 Å². The minimum absolute atomic E-state index is 0.0150. The number of thiophene rings is 1. The third-order valence-corrected chi connectivity index (χ3v) is 3.74. The maximum absolute atomic E-state index is 11.6. The van der Waals surface area contributed by atoms with Gasteiger partial charge in [0.2, 0.25) is 0 Å². The van der Waals surface area contributed by atoms with E-state index in [1.165, 1.54) is 11.3 Å². The molecule has 1 saturated heterocycles. The average Bonchev–Trinajstić information content (AvgIpc) is 2.84. The van der Waals surface area contributed by atoms with Gasteiger partial charge in [-0.15, -0.1) is 11.3 Å². The van der Waals surface area contributed by atoms with Crippen molar-refractivity contribution in [2.24, 2.45) is 5.92 Å². The molecule has 1 aromatic heterocycles. The Hall–Kier alpha value is -0.580. The van der Waals surface area contributed by atoms with Gasteiger partial charge in [0.1, 0.15) is 0 Å². The van der Waals surface area contributed by atoms with Crippen LogP contribution >= 0.6 is 22.9 Å². The molecule has 1 amide bonds. The van der Waals surface area contributed by atoms with Crippen molar-refractivity contribution in [2.45, 2.75) is 6.42 Å². The predicted octanol–water partition coefficient (Wildman–Crippen LogP) is 1.74. The average molecular weight is 245 g/mol. The van der Waals surface area contributed by atoms with Gasteiger partial charge in [0.25, 0.3) is 5.91 Å². The summed E-state index contributed by atoms with van der Waals surface area (Å²) in [4.78, 5) is 12.3. The van der Waals surface area contributed by atoms with Gasteiger partial charge in [0.15, 0.2) is 0 Å². The van der Waals surface area contributed by atoms with Crippen LogP contribution in [0.2, 0.25) is 4.34 Å². The quantitative estimate of drug-likeness (QED) is 0.851. The van der Waals surface area contributed by atoms with Gasteiger partial charge in [-0.05, 0) is 37.6 Å². The number of carbonyl (C=O) groups is 1. The smallest absolute Gasteiger partial charge is 0.261 e. The predicted molar refractivity (Wildman–Crippen MR) is 62.6 cm³/mol. The Morgan fingerprint density at radius 2 is 2.53 bits per heavy atom. The molecule has 1 aromatic rings. The maximum atomic E-state index is 11.6. The third-order valence-electron chi connectivity index (χ3n) is 2.51. The van der Waals surface area contributed by atoms with E-state index < -0.39 is 0 Å². The van der Waals surface area contributed by atoms with Crippen LogP contribution in [0.15, 0.2) is 12.1 Å². The normalized spacial score (nSPS) is 20.5. The van der Waals surface area contributed by atoms with E-state index in [0.29, 0.717) is 15.1 Å². The SMILES string of the molecule is O=C(NC[C@H]1CCNC1)c1ccc(Cl)s1. The van der Waals surface area contributed by atoms with Gasteiger partial charge < -0.3 is 10.6 Å². The van der Waals surface area contributed by atoms with Gasteiger partial charge in [-0.3, -0.25) is 4.79 Å². The van der Waals surface area contributed by atoms with Crippen molar-refractivity contribution in [1.29, 1.82) is 0 Å². The van der Waals surface area contributed by atoms with E-state index in [0.717, 1.165) is 26.1 Å². The molecule has 1 aliphatic rings. The second-order valence-corrected chi connectivity index (χ2v) is 5.39. The first kappa shape index (κ1) is 10.9. The lowest BCUT2D eigenvalue weighted by Crippen LogP contribution is -2.29. The molecule has 0 bridgehead atoms. The monoisotopic (exact) mass is 244 g/mol. The third kappa shape index (κ3) is 2.93. The second-order valence-electron chi connectivity index (χ2n) is 3.67. The zero-order chi connectivity index (χ0) is 10.7. The highest BCUT2D eigenvalue weighted by Gasteiger charge is 2.16. The van der Waals surface area contributed by atoms with Crippen LogP contribution in [-0.2, 0) is 0 Å². The molecular formula is C10H13ClN2OS. The van der Waals surface area contributed by atoms with Crippen LogP contribution in [0.4, 0.5) is 0 Å². The second kappa shape index (κ2) is 4.96. The number of amides is 1. The Morgan fingerprint density at radius 1 is 1.67 bits per heavy atom. The molecule has 0 unspecified atom stereocenters. The summed E-state index contributed by atoms with van der Waals surface area (Å²) in [7, 11) is 0. The van der Waals surface area contributed by atoms with E-state index >= 15 is 0 Å². The molecule has 82 valence electrons. The van der Waals surface area contributed by atoms with Gasteiger partial charge >= 0.3 is 0 Å². The van der Waals surface area contributed by atoms with Crippen molar-refractivity contribution in [3.63, 3.8) is 0 Å². The van der Waals surface area contributed by atoms with Crippen LogP contribution < -0.4 is 10.6 Å². The van der Waals surface area contributed by atoms with Crippen LogP contribution in [0.3, 0.4) is 0 Å². The standard InChI is InChI=1S/C10H13ClN2OS/c11-9-2-1-8(15-9)10(14)13-6-7-3-4-12-5-7/h1-2,7,12H,3-6H2,(H,13,14)/t7-/m0/s1. The largest absolute Gasteiger partial charge is 0.351 e. The Morgan fingerprint density at radius 3 is 3.13 bits per heavy atom. The molecular weight excluding hydrogens is 232 g/mol. The Balaban J connectivity index is 1.81. The zero-order valence-electron chi connectivity index (χ0n) is 8.25. The Labute approximate surface area is 97.8 Å². The molecule has 0 radical (unpaired) electrons. The molecule has 0 spiro atoms. The first-order chi connectivity index (χ1) is 7.25. The van der Waals surface area contributed by atoms with E-state index in [1.807, 2.05) is 0 Å². The maximum Gasteiger partial charge on any atom is 0.261 e. The lowest BCUT2D eigenvalue weighted by Gasteiger charge is -2.08. The van der Waals surface area contributed by atoms with Gasteiger partial charge in [0, 0.05) is 6.54 Å². The van der Waals surface area contributed by atoms with Crippen molar-refractivity contribution in [1.82, 2.24) is 10.6 Å². The van der Waals surface area contributed by atoms with Gasteiger partial charge in [-0.2, -0.15) is 0 Å². The fraction of sp³-hybridized carbons (Fsp3) is 0.500. The Kier molecular flexibility index (Phi) is 3.61. The van der Waals surface area contributed by atoms with E-state index in [1.54, 1.807) is 12.1 Å². The lowest BCUT2D eigenvalue weighted by molar-refractivity contribution is 0.0952. The fourth-order valence-electron chi connectivity index (χ4n) is 1.65. The highest BCUT2D eigenvalue weighted by molar-refractivity contribution is 7.17. The van der Waals surface area contributed by atoms with E-state index in [2.05, 4.69) is 10.6 Å². The molecule has 1 atom stereocenters. The summed E-state index contributed by atoms with van der Waals surface area (Å²) in [5.74, 6) is 0.559. The van der Waals surface area contributed by atoms with Crippen molar-refractivity contribution in [3.8, 4) is 0 Å². The van der Waals surface area contributed by atoms with Crippen molar-refractivity contribution < 1.29 is 4.79 Å². The van der Waals surface area contributed by atoms with Crippen LogP contribution in [-0.4, -0.2) is 25.5 Å². The minimum atomic E-state index is -0.0150. The molecule has 1 aliphatic heterocycles. The Bertz CT molecular complexity index is 347. The van der Waals surface area contributed by atoms with E-state index in [-0.39, 0.29) is 5.91 Å². The van der Waals surface area contributed by atoms with Crippen molar-refractivity contribution >= 4 is 28.8 Å². The number of nitrogens with one attached hydrogen (secondary N) is 2. The molecule has 0 aromatic carbocycles. The number of halogens is 1. The van der Waals surface area contributed by atoms with Crippen molar-refractivity contribution in [3.05, 3.63) is 21.3 Å². The van der Waals surface area contributed by atoms with Crippen molar-refractivity contribution in [2.75, 3.05) is 19.6 Å². The van der Waals surface area contributed by atoms with Crippen LogP contribution in [0, 0.1) is 5.92 Å². The highest BCUT2D eigenvalue weighted by Crippen LogP contribution is 2.21. The summed E-state index contributed by atoms with van der Waals surface area (Å²) < 4.78 is 0.655. The topological polar surface area (TPSA) is 41.1 Å². The summed E-state index contributed by atoms with van der Waals surface area (Å²) in [6.45, 7) is 2.82. The molecule has 5 heteroatoms. The first-order valence-corrected chi connectivity index (χ1v) is 6.19. The number of hydrogen-bond acceptors (Lipinski definition) is 3. The fourth-order valence-corrected chi connectivity index (χ4v) is 2.61. The minimum Gasteiger partial charge on any atom is -0.351 e. The van der Waals surface area contributed by atoms with Crippen LogP contribution in [0.5, 0.6) is 0 Å². The lowest BCUT2D eigenvalue weighted by atomic mass is 10.1. The number of rotatable bonds is 3. The molecule has 2 rings (SSSR count). The summed E-state index contributed by atoms with van der Waals surface area (Å²) in [5, 5.41) is 6.20. The molecule has 2 N–H and O–H groups in total.